The van der Waals surface area contributed by atoms with Gasteiger partial charge < -0.3 is 10.0 Å². The average molecular weight is 333 g/mol. The molecule has 0 bridgehead atoms. The number of nitrogens with zero attached hydrogens (tertiary/aromatic N) is 5. The molecule has 1 saturated heterocycles. The maximum absolute atomic E-state index is 12.5. The lowest BCUT2D eigenvalue weighted by Gasteiger charge is -2.28. The summed E-state index contributed by atoms with van der Waals surface area (Å²) in [5.74, 6) is 0.319. The first kappa shape index (κ1) is 15.8. The van der Waals surface area contributed by atoms with Crippen molar-refractivity contribution in [3.8, 4) is 11.4 Å². The normalized spacial score (nSPS) is 16.3. The minimum absolute atomic E-state index is 0.134. The lowest BCUT2D eigenvalue weighted by atomic mass is 10.1. The summed E-state index contributed by atoms with van der Waals surface area (Å²) >= 11 is 1.35. The van der Waals surface area contributed by atoms with Crippen molar-refractivity contribution < 1.29 is 9.90 Å². The van der Waals surface area contributed by atoms with Gasteiger partial charge in [0.25, 0.3) is 0 Å². The van der Waals surface area contributed by atoms with E-state index in [0.717, 1.165) is 31.6 Å². The molecule has 3 rings (SSSR count). The van der Waals surface area contributed by atoms with Crippen LogP contribution in [0.2, 0.25) is 0 Å². The van der Waals surface area contributed by atoms with Crippen molar-refractivity contribution in [1.82, 2.24) is 25.1 Å². The van der Waals surface area contributed by atoms with Crippen molar-refractivity contribution in [1.29, 1.82) is 0 Å². The number of carbonyl (C=O) groups excluding carboxylic acids is 1. The molecule has 2 heterocycles. The van der Waals surface area contributed by atoms with Gasteiger partial charge in [0.15, 0.2) is 0 Å². The Kier molecular flexibility index (Phi) is 4.80. The molecule has 1 N–H and O–H groups in total. The fraction of sp³-hybridized carbons (Fsp3) is 0.467. The minimum atomic E-state index is -0.241. The van der Waals surface area contributed by atoms with E-state index in [2.05, 4.69) is 15.5 Å². The van der Waals surface area contributed by atoms with E-state index in [0.29, 0.717) is 5.16 Å². The smallest absolute Gasteiger partial charge is 0.235 e. The maximum Gasteiger partial charge on any atom is 0.235 e. The van der Waals surface area contributed by atoms with E-state index in [1.54, 1.807) is 28.9 Å². The highest BCUT2D eigenvalue weighted by atomic mass is 32.2. The molecule has 1 fully saturated rings. The standard InChI is InChI=1S/C15H19N5O2S/c1-11(14(22)19-9-3-2-4-10-19)23-15-16-17-18-20(15)12-5-7-13(21)8-6-12/h5-8,11,21H,2-4,9-10H2,1H3. The Morgan fingerprint density at radius 1 is 1.22 bits per heavy atom. The summed E-state index contributed by atoms with van der Waals surface area (Å²) in [4.78, 5) is 14.4. The van der Waals surface area contributed by atoms with Gasteiger partial charge >= 0.3 is 0 Å². The monoisotopic (exact) mass is 333 g/mol. The molecule has 8 heteroatoms. The van der Waals surface area contributed by atoms with Crippen LogP contribution in [-0.4, -0.2) is 54.5 Å². The molecule has 1 atom stereocenters. The predicted molar refractivity (Wildman–Crippen MR) is 86.6 cm³/mol. The van der Waals surface area contributed by atoms with E-state index in [1.165, 1.54) is 18.2 Å². The molecule has 1 aliphatic rings. The second-order valence-corrected chi connectivity index (χ2v) is 6.84. The second-order valence-electron chi connectivity index (χ2n) is 5.54. The number of piperidine rings is 1. The number of aromatic hydroxyl groups is 1. The summed E-state index contributed by atoms with van der Waals surface area (Å²) in [7, 11) is 0. The zero-order valence-corrected chi connectivity index (χ0v) is 13.7. The Balaban J connectivity index is 1.71. The van der Waals surface area contributed by atoms with Crippen LogP contribution in [0.4, 0.5) is 0 Å². The molecule has 122 valence electrons. The number of thioether (sulfide) groups is 1. The molecule has 1 aromatic carbocycles. The van der Waals surface area contributed by atoms with Crippen LogP contribution in [0.5, 0.6) is 5.75 Å². The highest BCUT2D eigenvalue weighted by Crippen LogP contribution is 2.25. The number of hydrogen-bond acceptors (Lipinski definition) is 6. The van der Waals surface area contributed by atoms with Crippen LogP contribution in [0, 0.1) is 0 Å². The molecule has 23 heavy (non-hydrogen) atoms. The molecule has 1 amide bonds. The lowest BCUT2D eigenvalue weighted by molar-refractivity contribution is -0.131. The number of rotatable bonds is 4. The van der Waals surface area contributed by atoms with Crippen LogP contribution >= 0.6 is 11.8 Å². The zero-order chi connectivity index (χ0) is 16.2. The fourth-order valence-corrected chi connectivity index (χ4v) is 3.48. The first-order chi connectivity index (χ1) is 11.1. The van der Waals surface area contributed by atoms with Crippen molar-refractivity contribution in [3.05, 3.63) is 24.3 Å². The lowest BCUT2D eigenvalue weighted by Crippen LogP contribution is -2.40. The molecule has 7 nitrogen and oxygen atoms in total. The van der Waals surface area contributed by atoms with Crippen LogP contribution in [0.3, 0.4) is 0 Å². The van der Waals surface area contributed by atoms with Gasteiger partial charge in [-0.15, -0.1) is 5.10 Å². The Hall–Kier alpha value is -2.09. The van der Waals surface area contributed by atoms with Crippen LogP contribution in [0.25, 0.3) is 5.69 Å². The number of tetrazole rings is 1. The molecule has 0 radical (unpaired) electrons. The highest BCUT2D eigenvalue weighted by Gasteiger charge is 2.25. The Labute approximate surface area is 138 Å². The second kappa shape index (κ2) is 6.99. The van der Waals surface area contributed by atoms with Crippen LogP contribution in [-0.2, 0) is 4.79 Å². The average Bonchev–Trinajstić information content (AvgIpc) is 3.03. The third-order valence-electron chi connectivity index (χ3n) is 3.83. The van der Waals surface area contributed by atoms with Gasteiger partial charge in [-0.25, -0.2) is 0 Å². The van der Waals surface area contributed by atoms with Crippen molar-refractivity contribution in [3.63, 3.8) is 0 Å². The number of carbonyl (C=O) groups is 1. The van der Waals surface area contributed by atoms with E-state index in [-0.39, 0.29) is 16.9 Å². The Bertz CT molecular complexity index is 667. The van der Waals surface area contributed by atoms with Gasteiger partial charge in [0.1, 0.15) is 5.75 Å². The number of hydrogen-bond donors (Lipinski definition) is 1. The third-order valence-corrected chi connectivity index (χ3v) is 4.85. The van der Waals surface area contributed by atoms with Crippen molar-refractivity contribution in [2.45, 2.75) is 36.6 Å². The van der Waals surface area contributed by atoms with Crippen molar-refractivity contribution in [2.24, 2.45) is 0 Å². The van der Waals surface area contributed by atoms with E-state index in [4.69, 9.17) is 0 Å². The summed E-state index contributed by atoms with van der Waals surface area (Å²) in [5, 5.41) is 21.4. The fourth-order valence-electron chi connectivity index (χ4n) is 2.59. The molecular weight excluding hydrogens is 314 g/mol. The van der Waals surface area contributed by atoms with Crippen molar-refractivity contribution >= 4 is 17.7 Å². The number of benzene rings is 1. The highest BCUT2D eigenvalue weighted by molar-refractivity contribution is 8.00. The maximum atomic E-state index is 12.5. The number of aromatic nitrogens is 4. The number of likely N-dealkylation sites (tertiary alicyclic amines) is 1. The van der Waals surface area contributed by atoms with E-state index < -0.39 is 0 Å². The molecule has 0 saturated carbocycles. The van der Waals surface area contributed by atoms with Gasteiger partial charge in [-0.05, 0) is 60.9 Å². The van der Waals surface area contributed by atoms with Crippen LogP contribution in [0.15, 0.2) is 29.4 Å². The van der Waals surface area contributed by atoms with Gasteiger partial charge in [0.05, 0.1) is 10.9 Å². The molecular formula is C15H19N5O2S. The van der Waals surface area contributed by atoms with Gasteiger partial charge in [0.2, 0.25) is 11.1 Å². The Morgan fingerprint density at radius 2 is 1.91 bits per heavy atom. The summed E-state index contributed by atoms with van der Waals surface area (Å²) in [6.45, 7) is 3.57. The summed E-state index contributed by atoms with van der Waals surface area (Å²) in [6.07, 6.45) is 3.35. The molecule has 0 aliphatic carbocycles. The van der Waals surface area contributed by atoms with E-state index >= 15 is 0 Å². The van der Waals surface area contributed by atoms with E-state index in [1.807, 2.05) is 11.8 Å². The predicted octanol–water partition coefficient (Wildman–Crippen LogP) is 1.86. The van der Waals surface area contributed by atoms with Gasteiger partial charge in [-0.1, -0.05) is 11.8 Å². The summed E-state index contributed by atoms with van der Waals surface area (Å²) < 4.78 is 1.57. The largest absolute Gasteiger partial charge is 0.508 e. The first-order valence-corrected chi connectivity index (χ1v) is 8.56. The molecule has 1 unspecified atom stereocenters. The summed E-state index contributed by atoms with van der Waals surface area (Å²) in [5.41, 5.74) is 0.743. The Morgan fingerprint density at radius 3 is 2.61 bits per heavy atom. The zero-order valence-electron chi connectivity index (χ0n) is 12.9. The van der Waals surface area contributed by atoms with Gasteiger partial charge in [0, 0.05) is 13.1 Å². The van der Waals surface area contributed by atoms with E-state index in [9.17, 15) is 9.90 Å². The third kappa shape index (κ3) is 3.64. The molecule has 1 aliphatic heterocycles. The SMILES string of the molecule is CC(Sc1nnnn1-c1ccc(O)cc1)C(=O)N1CCCCC1. The van der Waals surface area contributed by atoms with Crippen LogP contribution < -0.4 is 0 Å². The summed E-state index contributed by atoms with van der Waals surface area (Å²) in [6, 6.07) is 6.61. The first-order valence-electron chi connectivity index (χ1n) is 7.68. The number of amides is 1. The van der Waals surface area contributed by atoms with Crippen molar-refractivity contribution in [2.75, 3.05) is 13.1 Å². The molecule has 1 aromatic heterocycles. The molecule has 2 aromatic rings. The molecule has 0 spiro atoms. The topological polar surface area (TPSA) is 84.1 Å². The number of phenols is 1. The van der Waals surface area contributed by atoms with Gasteiger partial charge in [-0.2, -0.15) is 4.68 Å². The van der Waals surface area contributed by atoms with Crippen LogP contribution in [0.1, 0.15) is 26.2 Å². The minimum Gasteiger partial charge on any atom is -0.508 e. The van der Waals surface area contributed by atoms with Gasteiger partial charge in [-0.3, -0.25) is 4.79 Å². The quantitative estimate of drug-likeness (QED) is 0.860. The number of phenolic OH excluding ortho intramolecular Hbond substituents is 1.